The predicted molar refractivity (Wildman–Crippen MR) is 102 cm³/mol. The second-order valence-corrected chi connectivity index (χ2v) is 6.43. The van der Waals surface area contributed by atoms with Gasteiger partial charge in [0.25, 0.3) is 0 Å². The van der Waals surface area contributed by atoms with Crippen LogP contribution >= 0.6 is 0 Å². The number of guanidine groups is 1. The number of carbonyl (C=O) groups is 1. The highest BCUT2D eigenvalue weighted by atomic mass is 16.5. The van der Waals surface area contributed by atoms with Gasteiger partial charge in [0.05, 0.1) is 13.2 Å². The average Bonchev–Trinajstić information content (AvgIpc) is 2.61. The lowest BCUT2D eigenvalue weighted by Crippen LogP contribution is -2.43. The number of rotatable bonds is 10. The van der Waals surface area contributed by atoms with Gasteiger partial charge in [-0.1, -0.05) is 51.1 Å². The van der Waals surface area contributed by atoms with Crippen molar-refractivity contribution in [2.45, 2.75) is 27.4 Å². The van der Waals surface area contributed by atoms with Crippen LogP contribution in [0.25, 0.3) is 0 Å². The van der Waals surface area contributed by atoms with Crippen LogP contribution in [-0.2, 0) is 16.1 Å². The summed E-state index contributed by atoms with van der Waals surface area (Å²) in [6, 6.07) is 10.2. The van der Waals surface area contributed by atoms with Crippen molar-refractivity contribution in [1.82, 2.24) is 16.0 Å². The van der Waals surface area contributed by atoms with E-state index in [0.29, 0.717) is 32.2 Å². The summed E-state index contributed by atoms with van der Waals surface area (Å²) in [5.41, 5.74) is 1.18. The molecule has 0 saturated heterocycles. The first-order chi connectivity index (χ1) is 12.0. The summed E-state index contributed by atoms with van der Waals surface area (Å²) in [5.74, 6) is 1.17. The second-order valence-electron chi connectivity index (χ2n) is 6.43. The van der Waals surface area contributed by atoms with Gasteiger partial charge in [-0.2, -0.15) is 0 Å². The quantitative estimate of drug-likeness (QED) is 0.342. The molecule has 1 unspecified atom stereocenters. The first-order valence-corrected chi connectivity index (χ1v) is 8.86. The van der Waals surface area contributed by atoms with E-state index in [-0.39, 0.29) is 11.8 Å². The lowest BCUT2D eigenvalue weighted by atomic mass is 10.2. The number of hydrogen-bond acceptors (Lipinski definition) is 3. The molecule has 0 aliphatic rings. The number of carbonyl (C=O) groups excluding carboxylic acids is 1. The van der Waals surface area contributed by atoms with Crippen LogP contribution in [0.2, 0.25) is 0 Å². The predicted octanol–water partition coefficient (Wildman–Crippen LogP) is 1.78. The summed E-state index contributed by atoms with van der Waals surface area (Å²) >= 11 is 0. The van der Waals surface area contributed by atoms with Crippen molar-refractivity contribution in [2.75, 3.05) is 33.3 Å². The smallest absolute Gasteiger partial charge is 0.222 e. The third-order valence-corrected chi connectivity index (χ3v) is 3.60. The molecular formula is C19H32N4O2. The van der Waals surface area contributed by atoms with E-state index in [1.165, 1.54) is 5.56 Å². The molecule has 0 heterocycles. The fourth-order valence-corrected chi connectivity index (χ4v) is 2.07. The SMILES string of the molecule is CN=C(NCCNC(=O)C(C)C)NCC(C)COCc1ccccc1. The van der Waals surface area contributed by atoms with Crippen LogP contribution in [0.5, 0.6) is 0 Å². The van der Waals surface area contributed by atoms with Gasteiger partial charge in [-0.15, -0.1) is 0 Å². The van der Waals surface area contributed by atoms with Gasteiger partial charge < -0.3 is 20.7 Å². The Bertz CT molecular complexity index is 517. The minimum atomic E-state index is 0.00849. The zero-order valence-corrected chi connectivity index (χ0v) is 15.8. The first-order valence-electron chi connectivity index (χ1n) is 8.86. The molecule has 0 aliphatic heterocycles. The third kappa shape index (κ3) is 9.72. The molecule has 1 aromatic rings. The molecule has 0 fully saturated rings. The maximum atomic E-state index is 11.5. The summed E-state index contributed by atoms with van der Waals surface area (Å²) < 4.78 is 5.75. The van der Waals surface area contributed by atoms with E-state index in [4.69, 9.17) is 4.74 Å². The highest BCUT2D eigenvalue weighted by Crippen LogP contribution is 2.02. The largest absolute Gasteiger partial charge is 0.376 e. The van der Waals surface area contributed by atoms with Gasteiger partial charge in [0, 0.05) is 32.6 Å². The molecule has 25 heavy (non-hydrogen) atoms. The van der Waals surface area contributed by atoms with Crippen LogP contribution in [0.1, 0.15) is 26.3 Å². The van der Waals surface area contributed by atoms with Crippen molar-refractivity contribution in [1.29, 1.82) is 0 Å². The summed E-state index contributed by atoms with van der Waals surface area (Å²) in [6.45, 7) is 9.19. The van der Waals surface area contributed by atoms with E-state index in [1.54, 1.807) is 7.05 Å². The molecule has 0 spiro atoms. The fraction of sp³-hybridized carbons (Fsp3) is 0.579. The van der Waals surface area contributed by atoms with Crippen LogP contribution in [-0.4, -0.2) is 45.2 Å². The van der Waals surface area contributed by atoms with Gasteiger partial charge in [0.15, 0.2) is 5.96 Å². The number of aliphatic imine (C=N–C) groups is 1. The lowest BCUT2D eigenvalue weighted by Gasteiger charge is -2.16. The van der Waals surface area contributed by atoms with Gasteiger partial charge in [-0.3, -0.25) is 9.79 Å². The topological polar surface area (TPSA) is 74.8 Å². The number of nitrogens with one attached hydrogen (secondary N) is 3. The first kappa shape index (κ1) is 21.0. The van der Waals surface area contributed by atoms with Gasteiger partial charge >= 0.3 is 0 Å². The molecule has 0 aliphatic carbocycles. The summed E-state index contributed by atoms with van der Waals surface area (Å²) in [4.78, 5) is 15.7. The van der Waals surface area contributed by atoms with Crippen molar-refractivity contribution < 1.29 is 9.53 Å². The molecule has 1 atom stereocenters. The van der Waals surface area contributed by atoms with E-state index in [2.05, 4.69) is 40.0 Å². The Hall–Kier alpha value is -2.08. The highest BCUT2D eigenvalue weighted by molar-refractivity contribution is 5.80. The molecule has 1 rings (SSSR count). The summed E-state index contributed by atoms with van der Waals surface area (Å²) in [5, 5.41) is 9.32. The molecule has 6 heteroatoms. The minimum absolute atomic E-state index is 0.00849. The molecular weight excluding hydrogens is 316 g/mol. The second kappa shape index (κ2) is 12.3. The third-order valence-electron chi connectivity index (χ3n) is 3.60. The van der Waals surface area contributed by atoms with E-state index in [9.17, 15) is 4.79 Å². The number of hydrogen-bond donors (Lipinski definition) is 3. The molecule has 1 amide bonds. The van der Waals surface area contributed by atoms with Crippen molar-refractivity contribution in [2.24, 2.45) is 16.8 Å². The number of nitrogens with zero attached hydrogens (tertiary/aromatic N) is 1. The zero-order valence-electron chi connectivity index (χ0n) is 15.8. The van der Waals surface area contributed by atoms with Gasteiger partial charge in [-0.25, -0.2) is 0 Å². The van der Waals surface area contributed by atoms with Gasteiger partial charge in [0.2, 0.25) is 5.91 Å². The molecule has 0 saturated carbocycles. The standard InChI is InChI=1S/C19H32N4O2/c1-15(2)18(24)21-10-11-22-19(20-4)23-12-16(3)13-25-14-17-8-6-5-7-9-17/h5-9,15-16H,10-14H2,1-4H3,(H,21,24)(H2,20,22,23). The Kier molecular flexibility index (Phi) is 10.3. The van der Waals surface area contributed by atoms with Crippen molar-refractivity contribution >= 4 is 11.9 Å². The van der Waals surface area contributed by atoms with Crippen LogP contribution in [0, 0.1) is 11.8 Å². The van der Waals surface area contributed by atoms with E-state index in [1.807, 2.05) is 32.0 Å². The molecule has 3 N–H and O–H groups in total. The van der Waals surface area contributed by atoms with Crippen LogP contribution in [0.15, 0.2) is 35.3 Å². The lowest BCUT2D eigenvalue weighted by molar-refractivity contribution is -0.123. The van der Waals surface area contributed by atoms with E-state index >= 15 is 0 Å². The Morgan fingerprint density at radius 1 is 1.08 bits per heavy atom. The van der Waals surface area contributed by atoms with Crippen LogP contribution in [0.3, 0.4) is 0 Å². The molecule has 1 aromatic carbocycles. The Labute approximate surface area is 151 Å². The van der Waals surface area contributed by atoms with E-state index in [0.717, 1.165) is 12.5 Å². The number of ether oxygens (including phenoxy) is 1. The van der Waals surface area contributed by atoms with Crippen molar-refractivity contribution in [3.05, 3.63) is 35.9 Å². The molecule has 0 radical (unpaired) electrons. The Morgan fingerprint density at radius 3 is 2.40 bits per heavy atom. The van der Waals surface area contributed by atoms with Crippen molar-refractivity contribution in [3.63, 3.8) is 0 Å². The Morgan fingerprint density at radius 2 is 1.76 bits per heavy atom. The highest BCUT2D eigenvalue weighted by Gasteiger charge is 2.06. The fourth-order valence-electron chi connectivity index (χ4n) is 2.07. The van der Waals surface area contributed by atoms with E-state index < -0.39 is 0 Å². The maximum absolute atomic E-state index is 11.5. The molecule has 6 nitrogen and oxygen atoms in total. The van der Waals surface area contributed by atoms with Crippen molar-refractivity contribution in [3.8, 4) is 0 Å². The summed E-state index contributed by atoms with van der Waals surface area (Å²) in [7, 11) is 1.73. The van der Waals surface area contributed by atoms with Crippen LogP contribution < -0.4 is 16.0 Å². The number of amides is 1. The normalized spacial score (nSPS) is 12.8. The molecule has 140 valence electrons. The molecule has 0 aromatic heterocycles. The number of benzene rings is 1. The maximum Gasteiger partial charge on any atom is 0.222 e. The van der Waals surface area contributed by atoms with Crippen LogP contribution in [0.4, 0.5) is 0 Å². The van der Waals surface area contributed by atoms with Gasteiger partial charge in [0.1, 0.15) is 0 Å². The average molecular weight is 348 g/mol. The monoisotopic (exact) mass is 348 g/mol. The minimum Gasteiger partial charge on any atom is -0.376 e. The summed E-state index contributed by atoms with van der Waals surface area (Å²) in [6.07, 6.45) is 0. The molecule has 0 bridgehead atoms. The zero-order chi connectivity index (χ0) is 18.5. The van der Waals surface area contributed by atoms with Gasteiger partial charge in [-0.05, 0) is 11.5 Å². The Balaban J connectivity index is 2.13.